The smallest absolute Gasteiger partial charge is 0.214 e. The van der Waals surface area contributed by atoms with Crippen molar-refractivity contribution in [2.75, 3.05) is 32.6 Å². The monoisotopic (exact) mass is 237 g/mol. The van der Waals surface area contributed by atoms with Gasteiger partial charge in [0.1, 0.15) is 0 Å². The first-order valence-electron chi connectivity index (χ1n) is 5.21. The number of sulfonamides is 1. The molecule has 0 radical (unpaired) electrons. The van der Waals surface area contributed by atoms with E-state index < -0.39 is 10.0 Å². The lowest BCUT2D eigenvalue weighted by Gasteiger charge is -2.28. The van der Waals surface area contributed by atoms with Crippen LogP contribution >= 0.6 is 0 Å². The number of aliphatic hydroxyl groups is 1. The molecule has 1 saturated heterocycles. The summed E-state index contributed by atoms with van der Waals surface area (Å²) in [7, 11) is -1.58. The minimum atomic E-state index is -3.14. The number of hydrogen-bond acceptors (Lipinski definition) is 4. The summed E-state index contributed by atoms with van der Waals surface area (Å²) in [6.07, 6.45) is 1.28. The Labute approximate surface area is 91.1 Å². The standard InChI is InChI=1S/C9H19NO4S/c1-14-7-2-8-15(12,13)10-5-3-9(11)4-6-10/h9,11H,2-8H2,1H3. The quantitative estimate of drug-likeness (QED) is 0.673. The maximum Gasteiger partial charge on any atom is 0.214 e. The molecule has 1 aliphatic rings. The highest BCUT2D eigenvalue weighted by atomic mass is 32.2. The van der Waals surface area contributed by atoms with E-state index in [4.69, 9.17) is 4.74 Å². The van der Waals surface area contributed by atoms with Crippen LogP contribution in [-0.2, 0) is 14.8 Å². The first-order valence-corrected chi connectivity index (χ1v) is 6.82. The molecule has 6 heteroatoms. The van der Waals surface area contributed by atoms with Crippen molar-refractivity contribution in [3.8, 4) is 0 Å². The summed E-state index contributed by atoms with van der Waals surface area (Å²) < 4.78 is 29.8. The van der Waals surface area contributed by atoms with Crippen molar-refractivity contribution in [1.82, 2.24) is 4.31 Å². The molecule has 1 N–H and O–H groups in total. The first-order chi connectivity index (χ1) is 7.06. The van der Waals surface area contributed by atoms with Crippen LogP contribution in [0.5, 0.6) is 0 Å². The van der Waals surface area contributed by atoms with Gasteiger partial charge in [0.05, 0.1) is 11.9 Å². The summed E-state index contributed by atoms with van der Waals surface area (Å²) in [4.78, 5) is 0. The van der Waals surface area contributed by atoms with Crippen molar-refractivity contribution < 1.29 is 18.3 Å². The Morgan fingerprint density at radius 1 is 1.40 bits per heavy atom. The zero-order chi connectivity index (χ0) is 11.3. The van der Waals surface area contributed by atoms with Crippen molar-refractivity contribution in [2.45, 2.75) is 25.4 Å². The second kappa shape index (κ2) is 5.79. The van der Waals surface area contributed by atoms with Crippen LogP contribution in [0.15, 0.2) is 0 Å². The SMILES string of the molecule is COCCCS(=O)(=O)N1CCC(O)CC1. The fourth-order valence-electron chi connectivity index (χ4n) is 1.64. The fourth-order valence-corrected chi connectivity index (χ4v) is 3.14. The summed E-state index contributed by atoms with van der Waals surface area (Å²) in [6.45, 7) is 1.35. The largest absolute Gasteiger partial charge is 0.393 e. The Kier molecular flexibility index (Phi) is 4.98. The zero-order valence-corrected chi connectivity index (χ0v) is 9.87. The number of piperidine rings is 1. The fraction of sp³-hybridized carbons (Fsp3) is 1.00. The van der Waals surface area contributed by atoms with Crippen LogP contribution < -0.4 is 0 Å². The Balaban J connectivity index is 2.40. The Morgan fingerprint density at radius 2 is 2.00 bits per heavy atom. The van der Waals surface area contributed by atoms with Crippen LogP contribution in [0, 0.1) is 0 Å². The lowest BCUT2D eigenvalue weighted by atomic mass is 10.1. The highest BCUT2D eigenvalue weighted by Crippen LogP contribution is 2.14. The number of rotatable bonds is 5. The van der Waals surface area contributed by atoms with Crippen LogP contribution in [0.2, 0.25) is 0 Å². The first kappa shape index (κ1) is 12.9. The van der Waals surface area contributed by atoms with Crippen LogP contribution in [-0.4, -0.2) is 56.5 Å². The molecule has 1 fully saturated rings. The van der Waals surface area contributed by atoms with Gasteiger partial charge in [0.2, 0.25) is 10.0 Å². The molecule has 0 aromatic carbocycles. The average molecular weight is 237 g/mol. The van der Waals surface area contributed by atoms with E-state index >= 15 is 0 Å². The minimum absolute atomic E-state index is 0.136. The molecule has 0 saturated carbocycles. The Hall–Kier alpha value is -0.170. The number of aliphatic hydroxyl groups excluding tert-OH is 1. The van der Waals surface area contributed by atoms with E-state index in [2.05, 4.69) is 0 Å². The van der Waals surface area contributed by atoms with Gasteiger partial charge >= 0.3 is 0 Å². The molecule has 0 atom stereocenters. The average Bonchev–Trinajstić information content (AvgIpc) is 2.18. The van der Waals surface area contributed by atoms with E-state index in [0.717, 1.165) is 0 Å². The van der Waals surface area contributed by atoms with Gasteiger partial charge in [0.25, 0.3) is 0 Å². The van der Waals surface area contributed by atoms with Gasteiger partial charge < -0.3 is 9.84 Å². The molecule has 90 valence electrons. The normalized spacial score (nSPS) is 20.7. The lowest BCUT2D eigenvalue weighted by Crippen LogP contribution is -2.41. The molecule has 0 bridgehead atoms. The van der Waals surface area contributed by atoms with Gasteiger partial charge in [-0.25, -0.2) is 12.7 Å². The molecule has 0 aromatic rings. The van der Waals surface area contributed by atoms with Gasteiger partial charge in [-0.05, 0) is 19.3 Å². The highest BCUT2D eigenvalue weighted by molar-refractivity contribution is 7.89. The molecular formula is C9H19NO4S. The predicted octanol–water partition coefficient (Wildman–Crippen LogP) is -0.191. The summed E-state index contributed by atoms with van der Waals surface area (Å²) in [5.41, 5.74) is 0. The van der Waals surface area contributed by atoms with Gasteiger partial charge in [-0.15, -0.1) is 0 Å². The van der Waals surface area contributed by atoms with Crippen LogP contribution in [0.1, 0.15) is 19.3 Å². The molecule has 1 rings (SSSR count). The van der Waals surface area contributed by atoms with E-state index in [-0.39, 0.29) is 11.9 Å². The van der Waals surface area contributed by atoms with E-state index in [1.807, 2.05) is 0 Å². The highest BCUT2D eigenvalue weighted by Gasteiger charge is 2.26. The van der Waals surface area contributed by atoms with Gasteiger partial charge in [0.15, 0.2) is 0 Å². The van der Waals surface area contributed by atoms with Gasteiger partial charge in [-0.3, -0.25) is 0 Å². The molecule has 5 nitrogen and oxygen atoms in total. The molecular weight excluding hydrogens is 218 g/mol. The number of ether oxygens (including phenoxy) is 1. The van der Waals surface area contributed by atoms with Gasteiger partial charge in [0, 0.05) is 26.8 Å². The molecule has 0 spiro atoms. The minimum Gasteiger partial charge on any atom is -0.393 e. The van der Waals surface area contributed by atoms with Gasteiger partial charge in [-0.1, -0.05) is 0 Å². The van der Waals surface area contributed by atoms with Crippen LogP contribution in [0.25, 0.3) is 0 Å². The third kappa shape index (κ3) is 4.06. The van der Waals surface area contributed by atoms with Crippen molar-refractivity contribution in [1.29, 1.82) is 0 Å². The number of hydrogen-bond donors (Lipinski definition) is 1. The molecule has 1 heterocycles. The second-order valence-electron chi connectivity index (χ2n) is 3.79. The van der Waals surface area contributed by atoms with Gasteiger partial charge in [-0.2, -0.15) is 0 Å². The summed E-state index contributed by atoms with van der Waals surface area (Å²) in [6, 6.07) is 0. The van der Waals surface area contributed by atoms with Crippen LogP contribution in [0.3, 0.4) is 0 Å². The van der Waals surface area contributed by atoms with Crippen molar-refractivity contribution >= 4 is 10.0 Å². The third-order valence-electron chi connectivity index (χ3n) is 2.57. The van der Waals surface area contributed by atoms with Crippen molar-refractivity contribution in [3.63, 3.8) is 0 Å². The zero-order valence-electron chi connectivity index (χ0n) is 9.05. The molecule has 15 heavy (non-hydrogen) atoms. The van der Waals surface area contributed by atoms with E-state index in [1.54, 1.807) is 7.11 Å². The second-order valence-corrected chi connectivity index (χ2v) is 5.88. The molecule has 0 aliphatic carbocycles. The van der Waals surface area contributed by atoms with Crippen molar-refractivity contribution in [2.24, 2.45) is 0 Å². The van der Waals surface area contributed by atoms with E-state index in [9.17, 15) is 13.5 Å². The Morgan fingerprint density at radius 3 is 2.53 bits per heavy atom. The van der Waals surface area contributed by atoms with E-state index in [1.165, 1.54) is 4.31 Å². The predicted molar refractivity (Wildman–Crippen MR) is 57.1 cm³/mol. The topological polar surface area (TPSA) is 66.8 Å². The van der Waals surface area contributed by atoms with E-state index in [0.29, 0.717) is 39.0 Å². The maximum absolute atomic E-state index is 11.8. The lowest BCUT2D eigenvalue weighted by molar-refractivity contribution is 0.113. The molecule has 0 amide bonds. The number of nitrogens with zero attached hydrogens (tertiary/aromatic N) is 1. The Bertz CT molecular complexity index is 270. The summed E-state index contributed by atoms with van der Waals surface area (Å²) in [5, 5.41) is 9.27. The van der Waals surface area contributed by atoms with Crippen molar-refractivity contribution in [3.05, 3.63) is 0 Å². The maximum atomic E-state index is 11.8. The van der Waals surface area contributed by atoms with Crippen LogP contribution in [0.4, 0.5) is 0 Å². The summed E-state index contributed by atoms with van der Waals surface area (Å²) >= 11 is 0. The molecule has 1 aliphatic heterocycles. The molecule has 0 aromatic heterocycles. The molecule has 0 unspecified atom stereocenters. The third-order valence-corrected chi connectivity index (χ3v) is 4.52. The number of methoxy groups -OCH3 is 1. The summed E-state index contributed by atoms with van der Waals surface area (Å²) in [5.74, 6) is 0.136.